The maximum atomic E-state index is 2.48. The highest BCUT2D eigenvalue weighted by Crippen LogP contribution is 2.44. The average molecular weight is 713 g/mol. The predicted octanol–water partition coefficient (Wildman–Crippen LogP) is 14.5. The van der Waals surface area contributed by atoms with Crippen LogP contribution in [0.2, 0.25) is 0 Å². The zero-order chi connectivity index (χ0) is 37.0. The minimum atomic E-state index is 1.12. The number of aromatic nitrogens is 2. The van der Waals surface area contributed by atoms with E-state index < -0.39 is 0 Å². The van der Waals surface area contributed by atoms with Gasteiger partial charge in [-0.25, -0.2) is 0 Å². The molecule has 262 valence electrons. The number of benzene rings is 9. The lowest BCUT2D eigenvalue weighted by molar-refractivity contribution is 1.13. The molecular formula is C54H36N2. The van der Waals surface area contributed by atoms with Crippen LogP contribution in [0.15, 0.2) is 218 Å². The van der Waals surface area contributed by atoms with Crippen molar-refractivity contribution in [2.45, 2.75) is 0 Å². The second-order valence-electron chi connectivity index (χ2n) is 14.5. The van der Waals surface area contributed by atoms with Gasteiger partial charge in [0.05, 0.1) is 22.1 Å². The van der Waals surface area contributed by atoms with Gasteiger partial charge >= 0.3 is 0 Å². The first-order valence-electron chi connectivity index (χ1n) is 19.3. The molecule has 2 aromatic heterocycles. The fraction of sp³-hybridized carbons (Fsp3) is 0. The Morgan fingerprint density at radius 3 is 1.00 bits per heavy atom. The molecule has 2 heteroatoms. The first-order chi connectivity index (χ1) is 27.8. The van der Waals surface area contributed by atoms with Crippen molar-refractivity contribution in [2.75, 3.05) is 0 Å². The summed E-state index contributed by atoms with van der Waals surface area (Å²) in [6.45, 7) is 0. The molecule has 0 aliphatic carbocycles. The molecule has 0 spiro atoms. The first-order valence-corrected chi connectivity index (χ1v) is 19.3. The van der Waals surface area contributed by atoms with Gasteiger partial charge in [0, 0.05) is 44.0 Å². The van der Waals surface area contributed by atoms with Gasteiger partial charge in [-0.2, -0.15) is 0 Å². The van der Waals surface area contributed by atoms with Crippen LogP contribution in [0.4, 0.5) is 0 Å². The Morgan fingerprint density at radius 1 is 0.232 bits per heavy atom. The third-order valence-corrected chi connectivity index (χ3v) is 11.3. The number of para-hydroxylation sites is 2. The monoisotopic (exact) mass is 712 g/mol. The lowest BCUT2D eigenvalue weighted by Gasteiger charge is -2.17. The summed E-state index contributed by atoms with van der Waals surface area (Å²) in [6.07, 6.45) is 0. The summed E-state index contributed by atoms with van der Waals surface area (Å²) in [6, 6.07) is 79.4. The average Bonchev–Trinajstić information content (AvgIpc) is 3.80. The molecule has 2 nitrogen and oxygen atoms in total. The minimum absolute atomic E-state index is 1.12. The molecule has 0 atom stereocenters. The Bertz CT molecular complexity index is 2990. The van der Waals surface area contributed by atoms with E-state index in [1.807, 2.05) is 0 Å². The predicted molar refractivity (Wildman–Crippen MR) is 237 cm³/mol. The van der Waals surface area contributed by atoms with Crippen molar-refractivity contribution in [3.63, 3.8) is 0 Å². The van der Waals surface area contributed by atoms with E-state index in [-0.39, 0.29) is 0 Å². The number of fused-ring (bicyclic) bond motifs is 6. The van der Waals surface area contributed by atoms with Crippen LogP contribution in [0.25, 0.3) is 99.5 Å². The summed E-state index contributed by atoms with van der Waals surface area (Å²) < 4.78 is 4.95. The van der Waals surface area contributed by atoms with E-state index in [2.05, 4.69) is 228 Å². The topological polar surface area (TPSA) is 9.86 Å². The fourth-order valence-electron chi connectivity index (χ4n) is 8.77. The van der Waals surface area contributed by atoms with Crippen LogP contribution < -0.4 is 0 Å². The lowest BCUT2D eigenvalue weighted by atomic mass is 9.95. The van der Waals surface area contributed by atoms with Crippen molar-refractivity contribution in [1.82, 2.24) is 9.13 Å². The van der Waals surface area contributed by atoms with Gasteiger partial charge < -0.3 is 9.13 Å². The maximum Gasteiger partial charge on any atom is 0.0619 e. The number of hydrogen-bond acceptors (Lipinski definition) is 0. The van der Waals surface area contributed by atoms with Crippen LogP contribution in [-0.4, -0.2) is 9.13 Å². The van der Waals surface area contributed by atoms with Gasteiger partial charge in [0.25, 0.3) is 0 Å². The van der Waals surface area contributed by atoms with Gasteiger partial charge in [-0.1, -0.05) is 164 Å². The van der Waals surface area contributed by atoms with Gasteiger partial charge in [0.15, 0.2) is 0 Å². The molecule has 0 unspecified atom stereocenters. The van der Waals surface area contributed by atoms with Crippen LogP contribution >= 0.6 is 0 Å². The lowest BCUT2D eigenvalue weighted by Crippen LogP contribution is -2.00. The standard InChI is InChI=1S/C54H36N2/c1-5-18-37(19-6-1)41-32-47(39-22-9-3-10-23-39)53-49(34-41)45-28-13-15-30-51(45)55(53)43-26-17-27-44(36-43)56-52-31-16-14-29-46(52)50-35-42(38-20-7-2-8-21-38)33-48(54(50)56)40-24-11-4-12-25-40/h1-36H. The smallest absolute Gasteiger partial charge is 0.0619 e. The zero-order valence-corrected chi connectivity index (χ0v) is 30.7. The fourth-order valence-corrected chi connectivity index (χ4v) is 8.77. The van der Waals surface area contributed by atoms with Gasteiger partial charge in [0.1, 0.15) is 0 Å². The van der Waals surface area contributed by atoms with E-state index in [4.69, 9.17) is 0 Å². The maximum absolute atomic E-state index is 2.48. The van der Waals surface area contributed by atoms with Crippen LogP contribution in [0.1, 0.15) is 0 Å². The Morgan fingerprint density at radius 2 is 0.589 bits per heavy atom. The SMILES string of the molecule is c1ccc(-c2cc(-c3ccccc3)c3c(c2)c2ccccc2n3-c2cccc(-n3c4ccccc4c4cc(-c5ccccc5)cc(-c5ccccc5)c43)c2)cc1. The molecule has 0 saturated carbocycles. The van der Waals surface area contributed by atoms with Gasteiger partial charge in [0.2, 0.25) is 0 Å². The first kappa shape index (κ1) is 32.0. The van der Waals surface area contributed by atoms with Crippen molar-refractivity contribution >= 4 is 43.6 Å². The minimum Gasteiger partial charge on any atom is -0.309 e. The zero-order valence-electron chi connectivity index (χ0n) is 30.7. The molecule has 11 rings (SSSR count). The molecule has 9 aromatic carbocycles. The molecule has 0 radical (unpaired) electrons. The summed E-state index contributed by atoms with van der Waals surface area (Å²) in [5.74, 6) is 0. The number of hydrogen-bond donors (Lipinski definition) is 0. The second kappa shape index (κ2) is 13.2. The largest absolute Gasteiger partial charge is 0.309 e. The highest BCUT2D eigenvalue weighted by atomic mass is 15.0. The van der Waals surface area contributed by atoms with Crippen LogP contribution in [0.5, 0.6) is 0 Å². The van der Waals surface area contributed by atoms with Crippen LogP contribution in [-0.2, 0) is 0 Å². The molecule has 0 fully saturated rings. The Balaban J connectivity index is 1.21. The quantitative estimate of drug-likeness (QED) is 0.162. The summed E-state index contributed by atoms with van der Waals surface area (Å²) in [4.78, 5) is 0. The van der Waals surface area contributed by atoms with E-state index in [0.29, 0.717) is 0 Å². The van der Waals surface area contributed by atoms with Crippen LogP contribution in [0.3, 0.4) is 0 Å². The number of rotatable bonds is 6. The van der Waals surface area contributed by atoms with E-state index in [1.165, 1.54) is 88.1 Å². The van der Waals surface area contributed by atoms with Crippen molar-refractivity contribution in [2.24, 2.45) is 0 Å². The van der Waals surface area contributed by atoms with Gasteiger partial charge in [-0.3, -0.25) is 0 Å². The molecular weight excluding hydrogens is 677 g/mol. The molecule has 0 bridgehead atoms. The Kier molecular flexibility index (Phi) is 7.53. The third-order valence-electron chi connectivity index (χ3n) is 11.3. The van der Waals surface area contributed by atoms with E-state index in [1.54, 1.807) is 0 Å². The molecule has 0 aliphatic heterocycles. The molecule has 11 aromatic rings. The molecule has 2 heterocycles. The van der Waals surface area contributed by atoms with Crippen molar-refractivity contribution in [1.29, 1.82) is 0 Å². The Labute approximate surface area is 325 Å². The Hall–Kier alpha value is -7.42. The summed E-state index contributed by atoms with van der Waals surface area (Å²) in [7, 11) is 0. The van der Waals surface area contributed by atoms with Gasteiger partial charge in [-0.05, 0) is 88.0 Å². The van der Waals surface area contributed by atoms with Gasteiger partial charge in [-0.15, -0.1) is 0 Å². The van der Waals surface area contributed by atoms with E-state index in [9.17, 15) is 0 Å². The molecule has 0 amide bonds. The highest BCUT2D eigenvalue weighted by Gasteiger charge is 2.21. The summed E-state index contributed by atoms with van der Waals surface area (Å²) >= 11 is 0. The molecule has 0 saturated heterocycles. The molecule has 56 heavy (non-hydrogen) atoms. The van der Waals surface area contributed by atoms with Crippen LogP contribution in [0, 0.1) is 0 Å². The highest BCUT2D eigenvalue weighted by molar-refractivity contribution is 6.17. The van der Waals surface area contributed by atoms with Crippen molar-refractivity contribution in [3.8, 4) is 55.9 Å². The number of nitrogens with zero attached hydrogens (tertiary/aromatic N) is 2. The normalized spacial score (nSPS) is 11.6. The summed E-state index contributed by atoms with van der Waals surface area (Å²) in [5, 5.41) is 4.95. The second-order valence-corrected chi connectivity index (χ2v) is 14.5. The summed E-state index contributed by atoms with van der Waals surface area (Å²) in [5.41, 5.74) is 16.6. The van der Waals surface area contributed by atoms with Crippen molar-refractivity contribution in [3.05, 3.63) is 218 Å². The van der Waals surface area contributed by atoms with Crippen molar-refractivity contribution < 1.29 is 0 Å². The van der Waals surface area contributed by atoms with E-state index >= 15 is 0 Å². The molecule has 0 N–H and O–H groups in total. The van der Waals surface area contributed by atoms with E-state index in [0.717, 1.165) is 11.4 Å². The third kappa shape index (κ3) is 5.19. The molecule has 0 aliphatic rings.